The molecule has 1 aliphatic heterocycles. The Balaban J connectivity index is 1.64. The van der Waals surface area contributed by atoms with Crippen molar-refractivity contribution < 1.29 is 9.53 Å². The molecule has 1 unspecified atom stereocenters. The van der Waals surface area contributed by atoms with Crippen LogP contribution in [0.25, 0.3) is 0 Å². The molecule has 5 heteroatoms. The molecule has 0 radical (unpaired) electrons. The molecule has 1 saturated heterocycles. The number of likely N-dealkylation sites (N-methyl/N-ethyl adjacent to an activating group) is 1. The molecule has 1 atom stereocenters. The van der Waals surface area contributed by atoms with Gasteiger partial charge in [0.2, 0.25) is 0 Å². The monoisotopic (exact) mass is 363 g/mol. The molecule has 0 aromatic heterocycles. The molecule has 2 aromatic rings. The molecule has 0 bridgehead atoms. The van der Waals surface area contributed by atoms with E-state index < -0.39 is 6.10 Å². The molecule has 0 N–H and O–H groups in total. The lowest BCUT2D eigenvalue weighted by atomic mass is 10.1. The zero-order valence-corrected chi connectivity index (χ0v) is 15.9. The standard InChI is InChI=1S/C22H25N3O2/c1-17(27-20-11-9-18(15-23)10-12-20)22(26)24(2)16-19-7-3-4-8-21(19)25-13-5-6-14-25/h3-4,7-12,17H,5-6,13-14,16H2,1-2H3. The first kappa shape index (κ1) is 18.8. The summed E-state index contributed by atoms with van der Waals surface area (Å²) in [4.78, 5) is 16.8. The first-order chi connectivity index (χ1) is 13.1. The summed E-state index contributed by atoms with van der Waals surface area (Å²) in [6, 6.07) is 17.2. The predicted molar refractivity (Wildman–Crippen MR) is 106 cm³/mol. The lowest BCUT2D eigenvalue weighted by Crippen LogP contribution is -2.37. The average Bonchev–Trinajstić information content (AvgIpc) is 3.23. The van der Waals surface area contributed by atoms with Crippen LogP contribution < -0.4 is 9.64 Å². The molecule has 27 heavy (non-hydrogen) atoms. The lowest BCUT2D eigenvalue weighted by Gasteiger charge is -2.26. The van der Waals surface area contributed by atoms with E-state index in [1.165, 1.54) is 18.5 Å². The van der Waals surface area contributed by atoms with Crippen molar-refractivity contribution in [2.24, 2.45) is 0 Å². The molecule has 2 aromatic carbocycles. The number of amides is 1. The van der Waals surface area contributed by atoms with Gasteiger partial charge >= 0.3 is 0 Å². The van der Waals surface area contributed by atoms with E-state index in [0.29, 0.717) is 17.9 Å². The van der Waals surface area contributed by atoms with Crippen molar-refractivity contribution in [3.63, 3.8) is 0 Å². The van der Waals surface area contributed by atoms with E-state index in [9.17, 15) is 4.79 Å². The molecule has 1 aliphatic rings. The number of nitriles is 1. The molecular weight excluding hydrogens is 338 g/mol. The molecule has 140 valence electrons. The maximum atomic E-state index is 12.7. The van der Waals surface area contributed by atoms with Crippen molar-refractivity contribution >= 4 is 11.6 Å². The fraction of sp³-hybridized carbons (Fsp3) is 0.364. The van der Waals surface area contributed by atoms with Gasteiger partial charge in [0.25, 0.3) is 5.91 Å². The third-order valence-corrected chi connectivity index (χ3v) is 4.87. The van der Waals surface area contributed by atoms with Crippen molar-refractivity contribution in [3.8, 4) is 11.8 Å². The third kappa shape index (κ3) is 4.59. The molecule has 0 aliphatic carbocycles. The Hall–Kier alpha value is -3.00. The van der Waals surface area contributed by atoms with E-state index in [1.807, 2.05) is 13.1 Å². The number of ether oxygens (including phenoxy) is 1. The summed E-state index contributed by atoms with van der Waals surface area (Å²) in [5.74, 6) is 0.510. The summed E-state index contributed by atoms with van der Waals surface area (Å²) in [6.45, 7) is 4.45. The highest BCUT2D eigenvalue weighted by molar-refractivity contribution is 5.80. The van der Waals surface area contributed by atoms with Crippen molar-refractivity contribution in [2.75, 3.05) is 25.0 Å². The summed E-state index contributed by atoms with van der Waals surface area (Å²) in [7, 11) is 1.81. The minimum Gasteiger partial charge on any atom is -0.481 e. The van der Waals surface area contributed by atoms with Crippen LogP contribution in [-0.4, -0.2) is 37.0 Å². The van der Waals surface area contributed by atoms with Crippen LogP contribution in [0.15, 0.2) is 48.5 Å². The Morgan fingerprint density at radius 3 is 2.52 bits per heavy atom. The maximum absolute atomic E-state index is 12.7. The topological polar surface area (TPSA) is 56.6 Å². The second kappa shape index (κ2) is 8.59. The van der Waals surface area contributed by atoms with E-state index in [4.69, 9.17) is 10.00 Å². The number of carbonyl (C=O) groups excluding carboxylic acids is 1. The van der Waals surface area contributed by atoms with Crippen molar-refractivity contribution in [1.82, 2.24) is 4.90 Å². The zero-order valence-electron chi connectivity index (χ0n) is 15.9. The van der Waals surface area contributed by atoms with Gasteiger partial charge in [-0.2, -0.15) is 5.26 Å². The van der Waals surface area contributed by atoms with E-state index in [1.54, 1.807) is 36.1 Å². The summed E-state index contributed by atoms with van der Waals surface area (Å²) in [6.07, 6.45) is 1.85. The zero-order chi connectivity index (χ0) is 19.2. The minimum absolute atomic E-state index is 0.0735. The van der Waals surface area contributed by atoms with E-state index in [-0.39, 0.29) is 5.91 Å². The summed E-state index contributed by atoms with van der Waals surface area (Å²) >= 11 is 0. The number of carbonyl (C=O) groups is 1. The van der Waals surface area contributed by atoms with Crippen LogP contribution >= 0.6 is 0 Å². The number of nitrogens with zero attached hydrogens (tertiary/aromatic N) is 3. The molecule has 1 heterocycles. The van der Waals surface area contributed by atoms with Crippen LogP contribution in [0.5, 0.6) is 5.75 Å². The van der Waals surface area contributed by atoms with Crippen LogP contribution in [-0.2, 0) is 11.3 Å². The molecule has 3 rings (SSSR count). The maximum Gasteiger partial charge on any atom is 0.263 e. The highest BCUT2D eigenvalue weighted by Crippen LogP contribution is 2.25. The highest BCUT2D eigenvalue weighted by atomic mass is 16.5. The molecule has 0 spiro atoms. The van der Waals surface area contributed by atoms with Crippen molar-refractivity contribution in [3.05, 3.63) is 59.7 Å². The van der Waals surface area contributed by atoms with Gasteiger partial charge in [-0.05, 0) is 55.7 Å². The molecule has 5 nitrogen and oxygen atoms in total. The number of para-hydroxylation sites is 1. The van der Waals surface area contributed by atoms with E-state index in [2.05, 4.69) is 29.2 Å². The van der Waals surface area contributed by atoms with Gasteiger partial charge in [-0.3, -0.25) is 4.79 Å². The van der Waals surface area contributed by atoms with Gasteiger partial charge < -0.3 is 14.5 Å². The first-order valence-corrected chi connectivity index (χ1v) is 9.33. The van der Waals surface area contributed by atoms with Gasteiger partial charge in [-0.15, -0.1) is 0 Å². The Labute approximate surface area is 160 Å². The minimum atomic E-state index is -0.595. The van der Waals surface area contributed by atoms with Crippen LogP contribution in [0.2, 0.25) is 0 Å². The number of rotatable bonds is 6. The largest absolute Gasteiger partial charge is 0.481 e. The van der Waals surface area contributed by atoms with Gasteiger partial charge in [0.1, 0.15) is 5.75 Å². The number of hydrogen-bond donors (Lipinski definition) is 0. The molecular formula is C22H25N3O2. The van der Waals surface area contributed by atoms with Crippen LogP contribution in [0, 0.1) is 11.3 Å². The predicted octanol–water partition coefficient (Wildman–Crippen LogP) is 3.58. The Morgan fingerprint density at radius 2 is 1.85 bits per heavy atom. The molecule has 1 fully saturated rings. The van der Waals surface area contributed by atoms with Crippen molar-refractivity contribution in [2.45, 2.75) is 32.4 Å². The van der Waals surface area contributed by atoms with Gasteiger partial charge in [0, 0.05) is 32.4 Å². The first-order valence-electron chi connectivity index (χ1n) is 9.33. The van der Waals surface area contributed by atoms with Crippen LogP contribution in [0.4, 0.5) is 5.69 Å². The van der Waals surface area contributed by atoms with E-state index >= 15 is 0 Å². The third-order valence-electron chi connectivity index (χ3n) is 4.87. The normalized spacial score (nSPS) is 14.5. The Bertz CT molecular complexity index is 820. The fourth-order valence-electron chi connectivity index (χ4n) is 3.42. The Kier molecular flexibility index (Phi) is 5.97. The number of benzene rings is 2. The van der Waals surface area contributed by atoms with Crippen LogP contribution in [0.1, 0.15) is 30.9 Å². The summed E-state index contributed by atoms with van der Waals surface area (Å²) in [5.41, 5.74) is 2.94. The fourth-order valence-corrected chi connectivity index (χ4v) is 3.42. The highest BCUT2D eigenvalue weighted by Gasteiger charge is 2.22. The number of anilines is 1. The smallest absolute Gasteiger partial charge is 0.263 e. The Morgan fingerprint density at radius 1 is 1.19 bits per heavy atom. The van der Waals surface area contributed by atoms with Crippen LogP contribution in [0.3, 0.4) is 0 Å². The van der Waals surface area contributed by atoms with E-state index in [0.717, 1.165) is 18.7 Å². The molecule has 1 amide bonds. The second-order valence-corrected chi connectivity index (χ2v) is 6.91. The summed E-state index contributed by atoms with van der Waals surface area (Å²) in [5, 5.41) is 8.86. The van der Waals surface area contributed by atoms with Gasteiger partial charge in [-0.1, -0.05) is 18.2 Å². The lowest BCUT2D eigenvalue weighted by molar-refractivity contribution is -0.137. The van der Waals surface area contributed by atoms with Crippen molar-refractivity contribution in [1.29, 1.82) is 5.26 Å². The van der Waals surface area contributed by atoms with Gasteiger partial charge in [0.15, 0.2) is 6.10 Å². The van der Waals surface area contributed by atoms with Gasteiger partial charge in [0.05, 0.1) is 11.6 Å². The summed E-state index contributed by atoms with van der Waals surface area (Å²) < 4.78 is 5.75. The number of hydrogen-bond acceptors (Lipinski definition) is 4. The SMILES string of the molecule is CC(Oc1ccc(C#N)cc1)C(=O)N(C)Cc1ccccc1N1CCCC1. The second-order valence-electron chi connectivity index (χ2n) is 6.91. The molecule has 0 saturated carbocycles. The quantitative estimate of drug-likeness (QED) is 0.787. The average molecular weight is 363 g/mol. The van der Waals surface area contributed by atoms with Gasteiger partial charge in [-0.25, -0.2) is 0 Å².